The van der Waals surface area contributed by atoms with E-state index >= 15 is 0 Å². The lowest BCUT2D eigenvalue weighted by Gasteiger charge is -2.33. The summed E-state index contributed by atoms with van der Waals surface area (Å²) in [6.07, 6.45) is 25.8. The molecule has 0 atom stereocenters. The average Bonchev–Trinajstić information content (AvgIpc) is 3.61. The molecule has 0 saturated heterocycles. The van der Waals surface area contributed by atoms with Gasteiger partial charge in [-0.25, -0.2) is 0 Å². The second-order valence-electron chi connectivity index (χ2n) is 23.5. The first kappa shape index (κ1) is 81.1. The largest absolute Gasteiger partial charge is 0.395 e. The van der Waals surface area contributed by atoms with Gasteiger partial charge in [-0.3, -0.25) is 43.2 Å². The number of rotatable bonds is 58. The molecule has 0 bridgehead atoms. The van der Waals surface area contributed by atoms with Crippen LogP contribution >= 0.6 is 0 Å². The van der Waals surface area contributed by atoms with Crippen LogP contribution < -0.4 is 16.4 Å². The summed E-state index contributed by atoms with van der Waals surface area (Å²) in [4.78, 5) is 136. The monoisotopic (exact) mass is 1220 g/mol. The topological polar surface area (TPSA) is 267 Å². The minimum atomic E-state index is -0.714. The summed E-state index contributed by atoms with van der Waals surface area (Å²) in [5.74, 6) is -4.13. The number of aliphatic hydroxyl groups excluding tert-OH is 2. The molecule has 0 unspecified atom stereocenters. The molecule has 500 valence electrons. The maximum Gasteiger partial charge on any atom is 0.242 e. The number of nitrogens with one attached hydrogen (secondary N) is 2. The van der Waals surface area contributed by atoms with Crippen molar-refractivity contribution < 1.29 is 53.4 Å². The van der Waals surface area contributed by atoms with Gasteiger partial charge in [0.2, 0.25) is 53.2 Å². The van der Waals surface area contributed by atoms with Crippen molar-refractivity contribution in [2.24, 2.45) is 5.73 Å². The molecule has 0 rings (SSSR count). The highest BCUT2D eigenvalue weighted by atomic mass is 16.3. The van der Waals surface area contributed by atoms with Crippen LogP contribution in [0.5, 0.6) is 0 Å². The summed E-state index contributed by atoms with van der Waals surface area (Å²) >= 11 is 0. The molecule has 0 aliphatic rings. The number of primary amides is 1. The zero-order valence-electron chi connectivity index (χ0n) is 55.3. The highest BCUT2D eigenvalue weighted by molar-refractivity contribution is 5.93. The van der Waals surface area contributed by atoms with Crippen LogP contribution in [-0.2, 0) is 43.2 Å². The lowest BCUT2D eigenvalue weighted by molar-refractivity contribution is -0.148. The van der Waals surface area contributed by atoms with E-state index in [2.05, 4.69) is 59.1 Å². The number of hydrogen-bond donors (Lipinski definition) is 5. The van der Waals surface area contributed by atoms with Crippen LogP contribution in [0.3, 0.4) is 0 Å². The van der Waals surface area contributed by atoms with Crippen LogP contribution in [0, 0.1) is 0 Å². The van der Waals surface area contributed by atoms with Crippen molar-refractivity contribution in [2.45, 2.75) is 247 Å². The van der Waals surface area contributed by atoms with Gasteiger partial charge in [-0.2, -0.15) is 0 Å². The summed E-state index contributed by atoms with van der Waals surface area (Å²) in [7, 11) is 0. The molecular weight excluding hydrogens is 1100 g/mol. The number of nitrogens with zero attached hydrogens (tertiary/aromatic N) is 7. The van der Waals surface area contributed by atoms with Crippen LogP contribution in [-0.4, -0.2) is 222 Å². The van der Waals surface area contributed by atoms with Crippen molar-refractivity contribution >= 4 is 53.2 Å². The number of amides is 9. The molecule has 0 heterocycles. The maximum absolute atomic E-state index is 14.9. The normalized spacial score (nSPS) is 11.1. The molecule has 0 aromatic carbocycles. The van der Waals surface area contributed by atoms with E-state index in [1.807, 2.05) is 0 Å². The first-order valence-electron chi connectivity index (χ1n) is 33.9. The van der Waals surface area contributed by atoms with E-state index in [1.165, 1.54) is 34.3 Å². The summed E-state index contributed by atoms with van der Waals surface area (Å²) in [6, 6.07) is -0.701. The van der Waals surface area contributed by atoms with E-state index in [1.54, 1.807) is 0 Å². The van der Waals surface area contributed by atoms with Crippen molar-refractivity contribution in [1.82, 2.24) is 44.9 Å². The second-order valence-corrected chi connectivity index (χ2v) is 23.5. The van der Waals surface area contributed by atoms with Gasteiger partial charge in [0.05, 0.1) is 78.2 Å². The Morgan fingerprint density at radius 1 is 0.302 bits per heavy atom. The van der Waals surface area contributed by atoms with Crippen LogP contribution in [0.2, 0.25) is 0 Å². The van der Waals surface area contributed by atoms with Crippen molar-refractivity contribution in [3.63, 3.8) is 0 Å². The van der Waals surface area contributed by atoms with E-state index in [0.717, 1.165) is 148 Å². The molecular formula is C65H124N10O11. The van der Waals surface area contributed by atoms with Gasteiger partial charge < -0.3 is 60.9 Å². The van der Waals surface area contributed by atoms with E-state index in [-0.39, 0.29) is 117 Å². The van der Waals surface area contributed by atoms with Gasteiger partial charge in [0.1, 0.15) is 0 Å². The van der Waals surface area contributed by atoms with E-state index in [0.29, 0.717) is 51.5 Å². The Kier molecular flexibility index (Phi) is 51.2. The van der Waals surface area contributed by atoms with Gasteiger partial charge >= 0.3 is 0 Å². The third-order valence-corrected chi connectivity index (χ3v) is 15.7. The molecule has 0 aliphatic carbocycles. The van der Waals surface area contributed by atoms with E-state index in [4.69, 9.17) is 5.73 Å². The summed E-state index contributed by atoms with van der Waals surface area (Å²) < 4.78 is 0. The molecule has 0 aromatic heterocycles. The Morgan fingerprint density at radius 3 is 0.744 bits per heavy atom. The molecule has 21 heteroatoms. The average molecular weight is 1220 g/mol. The zero-order chi connectivity index (χ0) is 64.2. The smallest absolute Gasteiger partial charge is 0.242 e. The van der Waals surface area contributed by atoms with Crippen molar-refractivity contribution in [3.05, 3.63) is 0 Å². The van der Waals surface area contributed by atoms with Crippen LogP contribution in [0.25, 0.3) is 0 Å². The lowest BCUT2D eigenvalue weighted by atomic mass is 10.1. The highest BCUT2D eigenvalue weighted by Crippen LogP contribution is 2.14. The van der Waals surface area contributed by atoms with Crippen molar-refractivity contribution in [2.75, 3.05) is 118 Å². The van der Waals surface area contributed by atoms with Gasteiger partial charge in [-0.15, -0.1) is 0 Å². The van der Waals surface area contributed by atoms with Gasteiger partial charge in [-0.05, 0) is 44.9 Å². The molecule has 0 aromatic rings. The fourth-order valence-corrected chi connectivity index (χ4v) is 10.0. The predicted molar refractivity (Wildman–Crippen MR) is 342 cm³/mol. The van der Waals surface area contributed by atoms with Crippen molar-refractivity contribution in [3.8, 4) is 0 Å². The van der Waals surface area contributed by atoms with E-state index in [9.17, 15) is 53.4 Å². The van der Waals surface area contributed by atoms with E-state index < -0.39 is 53.3 Å². The summed E-state index contributed by atoms with van der Waals surface area (Å²) in [5, 5.41) is 24.7. The summed E-state index contributed by atoms with van der Waals surface area (Å²) in [5.41, 5.74) is 5.27. The maximum atomic E-state index is 14.9. The molecule has 0 fully saturated rings. The number of unbranched alkanes of at least 4 members (excludes halogenated alkanes) is 23. The van der Waals surface area contributed by atoms with Crippen LogP contribution in [0.1, 0.15) is 241 Å². The van der Waals surface area contributed by atoms with Crippen LogP contribution in [0.15, 0.2) is 0 Å². The first-order chi connectivity index (χ1) is 41.5. The number of nitrogens with two attached hydrogens (primary N) is 1. The molecule has 86 heavy (non-hydrogen) atoms. The zero-order valence-corrected chi connectivity index (χ0v) is 55.3. The third-order valence-electron chi connectivity index (χ3n) is 15.7. The minimum Gasteiger partial charge on any atom is -0.395 e. The molecule has 21 nitrogen and oxygen atoms in total. The van der Waals surface area contributed by atoms with Crippen LogP contribution in [0.4, 0.5) is 0 Å². The quantitative estimate of drug-likeness (QED) is 0.0380. The Morgan fingerprint density at radius 2 is 0.512 bits per heavy atom. The summed E-state index contributed by atoms with van der Waals surface area (Å²) in [6.45, 7) is 13.1. The number of carbonyl (C=O) groups is 9. The Hall–Kier alpha value is -4.89. The highest BCUT2D eigenvalue weighted by Gasteiger charge is 2.31. The molecule has 0 saturated carbocycles. The Balaban J connectivity index is 7.17. The SMILES string of the molecule is CCCCCCCCN(CC(=O)N(CCCCCC)CC(=O)N(CCCCCC)CC(=O)N(CCCCCC)CC(=O)N(CCCCCC)CC(=O)N(CCCCCC)CC(=O)N(CCCCCC)CC(=O)NCC(N)=O)C(=O)CNC(CO)CO. The fourth-order valence-electron chi connectivity index (χ4n) is 10.0. The first-order valence-corrected chi connectivity index (χ1v) is 33.9. The molecule has 0 spiro atoms. The van der Waals surface area contributed by atoms with Gasteiger partial charge in [0.25, 0.3) is 0 Å². The molecule has 0 radical (unpaired) electrons. The fraction of sp³-hybridized carbons (Fsp3) is 0.862. The molecule has 9 amide bonds. The van der Waals surface area contributed by atoms with Crippen molar-refractivity contribution in [1.29, 1.82) is 0 Å². The minimum absolute atomic E-state index is 0.190. The lowest BCUT2D eigenvalue weighted by Crippen LogP contribution is -2.53. The Labute approximate surface area is 520 Å². The second kappa shape index (κ2) is 54.3. The third kappa shape index (κ3) is 40.5. The van der Waals surface area contributed by atoms with Gasteiger partial charge in [0.15, 0.2) is 0 Å². The van der Waals surface area contributed by atoms with Gasteiger partial charge in [0, 0.05) is 45.8 Å². The number of carbonyl (C=O) groups excluding carboxylic acids is 9. The number of aliphatic hydroxyl groups is 2. The number of hydrogen-bond acceptors (Lipinski definition) is 12. The predicted octanol–water partition coefficient (Wildman–Crippen LogP) is 7.17. The van der Waals surface area contributed by atoms with Gasteiger partial charge in [-0.1, -0.05) is 196 Å². The molecule has 0 aliphatic heterocycles. The molecule has 6 N–H and O–H groups in total. The Bertz CT molecular complexity index is 1840. The standard InChI is InChI=1S/C65H124N10O11/c1-8-15-22-29-30-37-39-70(59(80)46-67-56(54-76)55-77)48-61(82)72(41-33-25-18-11-4)50-63(84)74(43-35-27-20-13-6)52-65(86)75(44-36-28-21-14-7)53-64(85)73(42-34-26-19-12-5)51-62(83)71(40-32-24-17-10-3)49-60(81)69(38-31-23-16-9-2)47-58(79)68-45-57(66)78/h56,67,76-77H,8-55H2,1-7H3,(H2,66,78)(H,68,79).